The van der Waals surface area contributed by atoms with Crippen molar-refractivity contribution in [2.24, 2.45) is 10.1 Å². The van der Waals surface area contributed by atoms with E-state index in [1.807, 2.05) is 17.0 Å². The van der Waals surface area contributed by atoms with Crippen molar-refractivity contribution in [3.8, 4) is 11.3 Å². The SMILES string of the molecule is Cc1ccc(-c2csc(=NC(C)C)n2N=Cc2cccs2)cc1C. The number of rotatable bonds is 4. The van der Waals surface area contributed by atoms with Crippen molar-refractivity contribution < 1.29 is 0 Å². The van der Waals surface area contributed by atoms with E-state index < -0.39 is 0 Å². The average molecular weight is 356 g/mol. The molecule has 0 spiro atoms. The molecule has 0 bridgehead atoms. The van der Waals surface area contributed by atoms with Gasteiger partial charge in [0.1, 0.15) is 0 Å². The van der Waals surface area contributed by atoms with Crippen LogP contribution in [0.2, 0.25) is 0 Å². The number of thiazole rings is 1. The minimum Gasteiger partial charge on any atom is -0.255 e. The van der Waals surface area contributed by atoms with Gasteiger partial charge in [-0.25, -0.2) is 4.68 Å². The van der Waals surface area contributed by atoms with Crippen LogP contribution in [0.5, 0.6) is 0 Å². The van der Waals surface area contributed by atoms with Gasteiger partial charge in [0.2, 0.25) is 4.80 Å². The van der Waals surface area contributed by atoms with Crippen LogP contribution in [-0.4, -0.2) is 16.9 Å². The van der Waals surface area contributed by atoms with Crippen molar-refractivity contribution in [2.45, 2.75) is 33.7 Å². The lowest BCUT2D eigenvalue weighted by atomic mass is 10.1. The second-order valence-corrected chi connectivity index (χ2v) is 7.81. The van der Waals surface area contributed by atoms with Gasteiger partial charge in [-0.1, -0.05) is 18.2 Å². The third-order valence-corrected chi connectivity index (χ3v) is 5.34. The van der Waals surface area contributed by atoms with Crippen LogP contribution in [0.4, 0.5) is 0 Å². The normalized spacial score (nSPS) is 12.6. The summed E-state index contributed by atoms with van der Waals surface area (Å²) < 4.78 is 1.95. The highest BCUT2D eigenvalue weighted by Crippen LogP contribution is 2.23. The van der Waals surface area contributed by atoms with E-state index in [4.69, 9.17) is 10.1 Å². The Kier molecular flexibility index (Phi) is 5.11. The highest BCUT2D eigenvalue weighted by molar-refractivity contribution is 7.11. The Morgan fingerprint density at radius 1 is 1.08 bits per heavy atom. The Bertz CT molecular complexity index is 912. The van der Waals surface area contributed by atoms with Gasteiger partial charge in [0.15, 0.2) is 0 Å². The van der Waals surface area contributed by atoms with Crippen LogP contribution in [-0.2, 0) is 0 Å². The molecule has 24 heavy (non-hydrogen) atoms. The first-order valence-corrected chi connectivity index (χ1v) is 9.70. The molecule has 3 rings (SSSR count). The minimum atomic E-state index is 0.236. The predicted molar refractivity (Wildman–Crippen MR) is 105 cm³/mol. The Labute approximate surface area is 150 Å². The molecule has 0 saturated heterocycles. The summed E-state index contributed by atoms with van der Waals surface area (Å²) in [6.07, 6.45) is 1.90. The van der Waals surface area contributed by atoms with Gasteiger partial charge in [0.05, 0.1) is 11.9 Å². The van der Waals surface area contributed by atoms with Gasteiger partial charge >= 0.3 is 0 Å². The van der Waals surface area contributed by atoms with E-state index in [1.54, 1.807) is 22.7 Å². The minimum absolute atomic E-state index is 0.236. The second kappa shape index (κ2) is 7.28. The molecule has 3 nitrogen and oxygen atoms in total. The Balaban J connectivity index is 2.12. The van der Waals surface area contributed by atoms with Crippen molar-refractivity contribution >= 4 is 28.9 Å². The lowest BCUT2D eigenvalue weighted by Crippen LogP contribution is -2.14. The van der Waals surface area contributed by atoms with E-state index in [-0.39, 0.29) is 6.04 Å². The Morgan fingerprint density at radius 2 is 1.92 bits per heavy atom. The van der Waals surface area contributed by atoms with Gasteiger partial charge in [-0.2, -0.15) is 5.10 Å². The molecule has 5 heteroatoms. The Morgan fingerprint density at radius 3 is 2.58 bits per heavy atom. The number of thiophene rings is 1. The maximum Gasteiger partial charge on any atom is 0.206 e. The van der Waals surface area contributed by atoms with Gasteiger partial charge in [-0.15, -0.1) is 22.7 Å². The summed E-state index contributed by atoms with van der Waals surface area (Å²) in [7, 11) is 0. The monoisotopic (exact) mass is 355 g/mol. The van der Waals surface area contributed by atoms with E-state index in [1.165, 1.54) is 16.7 Å². The van der Waals surface area contributed by atoms with Crippen molar-refractivity contribution in [3.63, 3.8) is 0 Å². The molecular formula is C19H21N3S2. The fraction of sp³-hybridized carbons (Fsp3) is 0.263. The largest absolute Gasteiger partial charge is 0.255 e. The summed E-state index contributed by atoms with van der Waals surface area (Å²) in [5.74, 6) is 0. The maximum atomic E-state index is 4.72. The van der Waals surface area contributed by atoms with Crippen LogP contribution in [0, 0.1) is 13.8 Å². The maximum absolute atomic E-state index is 4.72. The van der Waals surface area contributed by atoms with Gasteiger partial charge in [0, 0.05) is 21.9 Å². The molecule has 2 heterocycles. The van der Waals surface area contributed by atoms with Gasteiger partial charge in [0.25, 0.3) is 0 Å². The molecule has 1 aromatic carbocycles. The summed E-state index contributed by atoms with van der Waals surface area (Å²) in [6, 6.07) is 10.9. The number of benzene rings is 1. The van der Waals surface area contributed by atoms with Crippen LogP contribution < -0.4 is 4.80 Å². The molecule has 3 aromatic rings. The van der Waals surface area contributed by atoms with Gasteiger partial charge < -0.3 is 0 Å². The van der Waals surface area contributed by atoms with Crippen LogP contribution in [0.15, 0.2) is 51.2 Å². The summed E-state index contributed by atoms with van der Waals surface area (Å²) in [5, 5.41) is 8.90. The first kappa shape index (κ1) is 16.9. The van der Waals surface area contributed by atoms with Crippen LogP contribution in [0.3, 0.4) is 0 Å². The molecular weight excluding hydrogens is 334 g/mol. The van der Waals surface area contributed by atoms with Crippen molar-refractivity contribution in [1.82, 2.24) is 4.68 Å². The third kappa shape index (κ3) is 3.74. The summed E-state index contributed by atoms with van der Waals surface area (Å²) in [5.41, 5.74) is 4.84. The summed E-state index contributed by atoms with van der Waals surface area (Å²) >= 11 is 3.31. The highest BCUT2D eigenvalue weighted by Gasteiger charge is 2.09. The lowest BCUT2D eigenvalue weighted by molar-refractivity contribution is 0.755. The van der Waals surface area contributed by atoms with Gasteiger partial charge in [-0.3, -0.25) is 4.99 Å². The second-order valence-electron chi connectivity index (χ2n) is 6.00. The fourth-order valence-corrected chi connectivity index (χ4v) is 3.85. The summed E-state index contributed by atoms with van der Waals surface area (Å²) in [4.78, 5) is 6.77. The third-order valence-electron chi connectivity index (χ3n) is 3.70. The molecule has 0 fully saturated rings. The standard InChI is InChI=1S/C19H21N3S2/c1-13(2)21-19-22(20-11-17-6-5-9-23-17)18(12-24-19)16-8-7-14(3)15(4)10-16/h5-13H,1-4H3. The van der Waals surface area contributed by atoms with E-state index in [0.29, 0.717) is 0 Å². The van der Waals surface area contributed by atoms with Crippen molar-refractivity contribution in [2.75, 3.05) is 0 Å². The number of aryl methyl sites for hydroxylation is 2. The van der Waals surface area contributed by atoms with E-state index >= 15 is 0 Å². The molecule has 0 radical (unpaired) electrons. The number of aromatic nitrogens is 1. The van der Waals surface area contributed by atoms with Crippen molar-refractivity contribution in [3.05, 3.63) is 61.9 Å². The molecule has 0 saturated carbocycles. The zero-order chi connectivity index (χ0) is 17.1. The van der Waals surface area contributed by atoms with Crippen molar-refractivity contribution in [1.29, 1.82) is 0 Å². The topological polar surface area (TPSA) is 29.6 Å². The molecule has 0 aliphatic rings. The van der Waals surface area contributed by atoms with Crippen LogP contribution in [0.1, 0.15) is 29.9 Å². The molecule has 0 unspecified atom stereocenters. The highest BCUT2D eigenvalue weighted by atomic mass is 32.1. The first-order valence-electron chi connectivity index (χ1n) is 7.94. The number of nitrogens with zero attached hydrogens (tertiary/aromatic N) is 3. The molecule has 2 aromatic heterocycles. The van der Waals surface area contributed by atoms with Crippen LogP contribution >= 0.6 is 22.7 Å². The van der Waals surface area contributed by atoms with Crippen LogP contribution in [0.25, 0.3) is 11.3 Å². The molecule has 0 N–H and O–H groups in total. The smallest absolute Gasteiger partial charge is 0.206 e. The quantitative estimate of drug-likeness (QED) is 0.584. The summed E-state index contributed by atoms with van der Waals surface area (Å²) in [6.45, 7) is 8.45. The molecule has 0 aliphatic heterocycles. The Hall–Kier alpha value is -1.98. The predicted octanol–water partition coefficient (Wildman–Crippen LogP) is 5.09. The molecule has 124 valence electrons. The van der Waals surface area contributed by atoms with E-state index in [9.17, 15) is 0 Å². The molecule has 0 amide bonds. The number of hydrogen-bond acceptors (Lipinski definition) is 4. The van der Waals surface area contributed by atoms with Gasteiger partial charge in [-0.05, 0) is 56.3 Å². The molecule has 0 aliphatic carbocycles. The average Bonchev–Trinajstić information content (AvgIpc) is 3.17. The number of hydrogen-bond donors (Lipinski definition) is 0. The zero-order valence-corrected chi connectivity index (χ0v) is 16.0. The molecule has 0 atom stereocenters. The fourth-order valence-electron chi connectivity index (χ4n) is 2.30. The zero-order valence-electron chi connectivity index (χ0n) is 14.4. The lowest BCUT2D eigenvalue weighted by Gasteiger charge is -2.06. The van der Waals surface area contributed by atoms with E-state index in [2.05, 4.69) is 62.7 Å². The first-order chi connectivity index (χ1) is 11.5. The van der Waals surface area contributed by atoms with E-state index in [0.717, 1.165) is 15.4 Å².